The van der Waals surface area contributed by atoms with Gasteiger partial charge in [0.15, 0.2) is 0 Å². The predicted molar refractivity (Wildman–Crippen MR) is 68.7 cm³/mol. The molecule has 1 aromatic carbocycles. The molecule has 0 N–H and O–H groups in total. The summed E-state index contributed by atoms with van der Waals surface area (Å²) < 4.78 is 0. The highest BCUT2D eigenvalue weighted by Crippen LogP contribution is 2.27. The minimum absolute atomic E-state index is 0.365. The normalized spacial score (nSPS) is 12.7. The molecule has 0 saturated carbocycles. The molecule has 15 heavy (non-hydrogen) atoms. The number of aryl methyl sites for hydroxylation is 1. The van der Waals surface area contributed by atoms with Gasteiger partial charge in [-0.2, -0.15) is 0 Å². The standard InChI is InChI=1S/C12H12BrNS/c1-9-8-15-12(14-9)7-11(13)10-5-3-2-4-6-10/h2-6,8,11H,7H2,1H3. The zero-order chi connectivity index (χ0) is 10.7. The molecule has 0 aliphatic carbocycles. The second-order valence-corrected chi connectivity index (χ2v) is 5.51. The summed E-state index contributed by atoms with van der Waals surface area (Å²) >= 11 is 5.43. The Morgan fingerprint density at radius 1 is 1.33 bits per heavy atom. The van der Waals surface area contributed by atoms with Crippen molar-refractivity contribution in [2.75, 3.05) is 0 Å². The molecule has 1 unspecified atom stereocenters. The minimum atomic E-state index is 0.365. The van der Waals surface area contributed by atoms with E-state index in [1.54, 1.807) is 11.3 Å². The van der Waals surface area contributed by atoms with Gasteiger partial charge in [-0.3, -0.25) is 0 Å². The van der Waals surface area contributed by atoms with Crippen LogP contribution < -0.4 is 0 Å². The summed E-state index contributed by atoms with van der Waals surface area (Å²) in [5, 5.41) is 3.29. The van der Waals surface area contributed by atoms with Crippen molar-refractivity contribution in [3.05, 3.63) is 52.0 Å². The van der Waals surface area contributed by atoms with E-state index in [1.807, 2.05) is 13.0 Å². The van der Waals surface area contributed by atoms with Crippen LogP contribution in [0.25, 0.3) is 0 Å². The Hall–Kier alpha value is -0.670. The van der Waals surface area contributed by atoms with Crippen molar-refractivity contribution in [3.63, 3.8) is 0 Å². The van der Waals surface area contributed by atoms with Gasteiger partial charge in [0.1, 0.15) is 0 Å². The highest BCUT2D eigenvalue weighted by atomic mass is 79.9. The van der Waals surface area contributed by atoms with Crippen LogP contribution in [0.15, 0.2) is 35.7 Å². The average molecular weight is 282 g/mol. The summed E-state index contributed by atoms with van der Waals surface area (Å²) in [5.74, 6) is 0. The van der Waals surface area contributed by atoms with Crippen molar-refractivity contribution in [1.29, 1.82) is 0 Å². The van der Waals surface area contributed by atoms with Gasteiger partial charge in [0, 0.05) is 22.3 Å². The SMILES string of the molecule is Cc1csc(CC(Br)c2ccccc2)n1. The minimum Gasteiger partial charge on any atom is -0.247 e. The number of benzene rings is 1. The number of hydrogen-bond acceptors (Lipinski definition) is 2. The molecule has 1 heterocycles. The maximum Gasteiger partial charge on any atom is 0.0942 e. The van der Waals surface area contributed by atoms with Crippen molar-refractivity contribution < 1.29 is 0 Å². The Kier molecular flexibility index (Phi) is 3.54. The van der Waals surface area contributed by atoms with E-state index < -0.39 is 0 Å². The highest BCUT2D eigenvalue weighted by molar-refractivity contribution is 9.09. The summed E-state index contributed by atoms with van der Waals surface area (Å²) in [5.41, 5.74) is 2.42. The largest absolute Gasteiger partial charge is 0.247 e. The number of thiazole rings is 1. The monoisotopic (exact) mass is 281 g/mol. The molecule has 0 aliphatic heterocycles. The van der Waals surface area contributed by atoms with Crippen molar-refractivity contribution in [2.24, 2.45) is 0 Å². The zero-order valence-corrected chi connectivity index (χ0v) is 10.9. The number of hydrogen-bond donors (Lipinski definition) is 0. The lowest BCUT2D eigenvalue weighted by Crippen LogP contribution is -1.94. The molecule has 0 spiro atoms. The van der Waals surface area contributed by atoms with Crippen molar-refractivity contribution in [3.8, 4) is 0 Å². The van der Waals surface area contributed by atoms with Gasteiger partial charge in [-0.15, -0.1) is 11.3 Å². The van der Waals surface area contributed by atoms with E-state index in [-0.39, 0.29) is 0 Å². The number of alkyl halides is 1. The first-order valence-electron chi connectivity index (χ1n) is 4.86. The first kappa shape index (κ1) is 10.8. The van der Waals surface area contributed by atoms with Gasteiger partial charge in [-0.1, -0.05) is 46.3 Å². The smallest absolute Gasteiger partial charge is 0.0942 e. The molecule has 3 heteroatoms. The Morgan fingerprint density at radius 3 is 2.67 bits per heavy atom. The van der Waals surface area contributed by atoms with Crippen LogP contribution >= 0.6 is 27.3 Å². The lowest BCUT2D eigenvalue weighted by atomic mass is 10.1. The summed E-state index contributed by atoms with van der Waals surface area (Å²) in [6, 6.07) is 10.4. The summed E-state index contributed by atoms with van der Waals surface area (Å²) in [4.78, 5) is 4.83. The molecule has 1 nitrogen and oxygen atoms in total. The molecule has 1 aromatic heterocycles. The Balaban J connectivity index is 2.07. The van der Waals surface area contributed by atoms with E-state index in [1.165, 1.54) is 10.6 Å². The molecule has 2 aromatic rings. The van der Waals surface area contributed by atoms with Gasteiger partial charge in [0.25, 0.3) is 0 Å². The van der Waals surface area contributed by atoms with Crippen molar-refractivity contribution >= 4 is 27.3 Å². The van der Waals surface area contributed by atoms with Crippen LogP contribution in [0.3, 0.4) is 0 Å². The fourth-order valence-corrected chi connectivity index (χ4v) is 3.07. The third kappa shape index (κ3) is 2.89. The predicted octanol–water partition coefficient (Wildman–Crippen LogP) is 4.13. The molecule has 0 aliphatic rings. The molecule has 0 amide bonds. The van der Waals surface area contributed by atoms with Crippen LogP contribution in [0.4, 0.5) is 0 Å². The van der Waals surface area contributed by atoms with Crippen LogP contribution in [0.1, 0.15) is 21.1 Å². The molecule has 1 atom stereocenters. The molecule has 0 bridgehead atoms. The van der Waals surface area contributed by atoms with Gasteiger partial charge in [-0.05, 0) is 12.5 Å². The van der Waals surface area contributed by atoms with Crippen LogP contribution in [-0.4, -0.2) is 4.98 Å². The third-order valence-electron chi connectivity index (χ3n) is 2.18. The maximum absolute atomic E-state index is 4.46. The molecule has 0 fully saturated rings. The highest BCUT2D eigenvalue weighted by Gasteiger charge is 2.09. The number of nitrogens with zero attached hydrogens (tertiary/aromatic N) is 1. The summed E-state index contributed by atoms with van der Waals surface area (Å²) in [6.45, 7) is 2.03. The second-order valence-electron chi connectivity index (χ2n) is 3.46. The topological polar surface area (TPSA) is 12.9 Å². The Bertz CT molecular complexity index is 424. The Morgan fingerprint density at radius 2 is 2.07 bits per heavy atom. The van der Waals surface area contributed by atoms with Crippen LogP contribution in [0, 0.1) is 6.92 Å². The van der Waals surface area contributed by atoms with E-state index in [0.29, 0.717) is 4.83 Å². The quantitative estimate of drug-likeness (QED) is 0.771. The lowest BCUT2D eigenvalue weighted by molar-refractivity contribution is 0.927. The summed E-state index contributed by atoms with van der Waals surface area (Å²) in [6.07, 6.45) is 0.961. The Labute approximate surface area is 102 Å². The van der Waals surface area contributed by atoms with Gasteiger partial charge >= 0.3 is 0 Å². The summed E-state index contributed by atoms with van der Waals surface area (Å²) in [7, 11) is 0. The van der Waals surface area contributed by atoms with Crippen LogP contribution in [0.5, 0.6) is 0 Å². The molecular weight excluding hydrogens is 270 g/mol. The molecule has 2 rings (SSSR count). The van der Waals surface area contributed by atoms with E-state index in [9.17, 15) is 0 Å². The van der Waals surface area contributed by atoms with Crippen LogP contribution in [-0.2, 0) is 6.42 Å². The fourth-order valence-electron chi connectivity index (χ4n) is 1.43. The van der Waals surface area contributed by atoms with Gasteiger partial charge < -0.3 is 0 Å². The second kappa shape index (κ2) is 4.90. The maximum atomic E-state index is 4.46. The molecular formula is C12H12BrNS. The van der Waals surface area contributed by atoms with E-state index in [0.717, 1.165) is 12.1 Å². The number of halogens is 1. The van der Waals surface area contributed by atoms with E-state index in [4.69, 9.17) is 0 Å². The van der Waals surface area contributed by atoms with Crippen LogP contribution in [0.2, 0.25) is 0 Å². The molecule has 0 saturated heterocycles. The van der Waals surface area contributed by atoms with E-state index >= 15 is 0 Å². The first-order valence-corrected chi connectivity index (χ1v) is 6.65. The average Bonchev–Trinajstić information content (AvgIpc) is 2.65. The van der Waals surface area contributed by atoms with Crippen molar-refractivity contribution in [1.82, 2.24) is 4.98 Å². The lowest BCUT2D eigenvalue weighted by Gasteiger charge is -2.07. The van der Waals surface area contributed by atoms with Gasteiger partial charge in [-0.25, -0.2) is 4.98 Å². The fraction of sp³-hybridized carbons (Fsp3) is 0.250. The molecule has 78 valence electrons. The van der Waals surface area contributed by atoms with Gasteiger partial charge in [0.2, 0.25) is 0 Å². The third-order valence-corrected chi connectivity index (χ3v) is 4.02. The zero-order valence-electron chi connectivity index (χ0n) is 8.48. The number of aromatic nitrogens is 1. The van der Waals surface area contributed by atoms with E-state index in [2.05, 4.69) is 50.6 Å². The number of rotatable bonds is 3. The van der Waals surface area contributed by atoms with Crippen molar-refractivity contribution in [2.45, 2.75) is 18.2 Å². The van der Waals surface area contributed by atoms with Gasteiger partial charge in [0.05, 0.1) is 5.01 Å². The first-order chi connectivity index (χ1) is 7.25. The molecule has 0 radical (unpaired) electrons.